The molecule has 9 heteroatoms. The molecule has 0 saturated heterocycles. The second kappa shape index (κ2) is 10.8. The van der Waals surface area contributed by atoms with Crippen LogP contribution in [0.3, 0.4) is 0 Å². The smallest absolute Gasteiger partial charge is 0.264 e. The van der Waals surface area contributed by atoms with Crippen molar-refractivity contribution in [3.05, 3.63) is 76.5 Å². The Balaban J connectivity index is 1.55. The lowest BCUT2D eigenvalue weighted by Crippen LogP contribution is -2.36. The van der Waals surface area contributed by atoms with Crippen LogP contribution < -0.4 is 14.4 Å². The first kappa shape index (κ1) is 24.8. The fraction of sp³-hybridized carbons (Fsp3) is 0.292. The van der Waals surface area contributed by atoms with Gasteiger partial charge in [-0.15, -0.1) is 11.3 Å². The van der Waals surface area contributed by atoms with Crippen LogP contribution in [-0.2, 0) is 14.8 Å². The number of anilines is 1. The highest BCUT2D eigenvalue weighted by Crippen LogP contribution is 2.25. The summed E-state index contributed by atoms with van der Waals surface area (Å²) in [6.07, 6.45) is 0. The molecule has 0 fully saturated rings. The molecule has 0 saturated carbocycles. The van der Waals surface area contributed by atoms with Crippen LogP contribution in [0.4, 0.5) is 5.69 Å². The second-order valence-corrected chi connectivity index (χ2v) is 10.8. The molecule has 0 aliphatic carbocycles. The van der Waals surface area contributed by atoms with Crippen LogP contribution in [0.5, 0.6) is 5.75 Å². The zero-order chi connectivity index (χ0) is 24.0. The number of rotatable bonds is 10. The van der Waals surface area contributed by atoms with E-state index in [1.807, 2.05) is 32.5 Å². The van der Waals surface area contributed by atoms with Crippen LogP contribution >= 0.6 is 11.3 Å². The molecule has 33 heavy (non-hydrogen) atoms. The minimum atomic E-state index is -3.66. The predicted molar refractivity (Wildman–Crippen MR) is 132 cm³/mol. The summed E-state index contributed by atoms with van der Waals surface area (Å²) in [4.78, 5) is 15.7. The summed E-state index contributed by atoms with van der Waals surface area (Å²) < 4.78 is 32.5. The average Bonchev–Trinajstić information content (AvgIpc) is 3.32. The van der Waals surface area contributed by atoms with Crippen molar-refractivity contribution < 1.29 is 17.9 Å². The minimum Gasteiger partial charge on any atom is -0.484 e. The summed E-state index contributed by atoms with van der Waals surface area (Å²) in [5, 5.41) is 4.93. The maximum atomic E-state index is 12.8. The summed E-state index contributed by atoms with van der Waals surface area (Å²) >= 11 is 1.65. The number of ether oxygens (including phenoxy) is 1. The lowest BCUT2D eigenvalue weighted by atomic mass is 10.2. The summed E-state index contributed by atoms with van der Waals surface area (Å²) in [5.41, 5.74) is 1.49. The van der Waals surface area contributed by atoms with Crippen LogP contribution in [0.1, 0.15) is 16.5 Å². The van der Waals surface area contributed by atoms with Gasteiger partial charge in [0.2, 0.25) is 0 Å². The van der Waals surface area contributed by atoms with Crippen molar-refractivity contribution in [1.29, 1.82) is 0 Å². The number of sulfonamides is 1. The third kappa shape index (κ3) is 6.34. The molecule has 1 amide bonds. The SMILES string of the molecule is Cc1ccc(S(=O)(=O)N(C)c2ccc(OCC(=O)NC[C@@H](c3cccs3)N(C)C)cc2)cc1. The van der Waals surface area contributed by atoms with Crippen LogP contribution in [0, 0.1) is 6.92 Å². The molecule has 3 aromatic rings. The Bertz CT molecular complexity index is 1140. The van der Waals surface area contributed by atoms with Crippen molar-refractivity contribution in [1.82, 2.24) is 10.2 Å². The van der Waals surface area contributed by atoms with E-state index in [0.29, 0.717) is 18.0 Å². The van der Waals surface area contributed by atoms with Gasteiger partial charge in [0.1, 0.15) is 5.75 Å². The Hall–Kier alpha value is -2.88. The fourth-order valence-corrected chi connectivity index (χ4v) is 5.31. The highest BCUT2D eigenvalue weighted by molar-refractivity contribution is 7.92. The Morgan fingerprint density at radius 2 is 1.70 bits per heavy atom. The van der Waals surface area contributed by atoms with Crippen molar-refractivity contribution in [3.8, 4) is 5.75 Å². The average molecular weight is 488 g/mol. The van der Waals surface area contributed by atoms with E-state index in [0.717, 1.165) is 5.56 Å². The number of nitrogens with one attached hydrogen (secondary N) is 1. The van der Waals surface area contributed by atoms with E-state index in [-0.39, 0.29) is 23.5 Å². The van der Waals surface area contributed by atoms with Gasteiger partial charge in [-0.25, -0.2) is 8.42 Å². The first-order chi connectivity index (χ1) is 15.7. The third-order valence-corrected chi connectivity index (χ3v) is 8.01. The molecule has 0 aliphatic rings. The molecule has 0 spiro atoms. The fourth-order valence-electron chi connectivity index (χ4n) is 3.19. The number of aryl methyl sites for hydroxylation is 1. The second-order valence-electron chi connectivity index (χ2n) is 7.87. The summed E-state index contributed by atoms with van der Waals surface area (Å²) in [5.74, 6) is 0.263. The Morgan fingerprint density at radius 3 is 2.27 bits per heavy atom. The molecule has 0 radical (unpaired) electrons. The molecule has 7 nitrogen and oxygen atoms in total. The quantitative estimate of drug-likeness (QED) is 0.472. The molecule has 176 valence electrons. The molecule has 1 heterocycles. The monoisotopic (exact) mass is 487 g/mol. The molecule has 1 atom stereocenters. The maximum absolute atomic E-state index is 12.8. The van der Waals surface area contributed by atoms with Gasteiger partial charge in [-0.1, -0.05) is 23.8 Å². The van der Waals surface area contributed by atoms with Gasteiger partial charge in [-0.05, 0) is 68.9 Å². The van der Waals surface area contributed by atoms with Crippen LogP contribution in [0.25, 0.3) is 0 Å². The third-order valence-electron chi connectivity index (χ3n) is 5.24. The van der Waals surface area contributed by atoms with Crippen molar-refractivity contribution >= 4 is 33.0 Å². The van der Waals surface area contributed by atoms with E-state index < -0.39 is 10.0 Å². The van der Waals surface area contributed by atoms with Crippen LogP contribution in [0.15, 0.2) is 70.9 Å². The van der Waals surface area contributed by atoms with E-state index in [9.17, 15) is 13.2 Å². The van der Waals surface area contributed by atoms with Crippen LogP contribution in [-0.4, -0.2) is 53.5 Å². The zero-order valence-electron chi connectivity index (χ0n) is 19.2. The highest BCUT2D eigenvalue weighted by atomic mass is 32.2. The largest absolute Gasteiger partial charge is 0.484 e. The van der Waals surface area contributed by atoms with Crippen molar-refractivity contribution in [2.75, 3.05) is 38.6 Å². The lowest BCUT2D eigenvalue weighted by Gasteiger charge is -2.23. The Kier molecular flexibility index (Phi) is 8.12. The number of carbonyl (C=O) groups excluding carboxylic acids is 1. The molecule has 0 unspecified atom stereocenters. The molecule has 0 bridgehead atoms. The molecular weight excluding hydrogens is 458 g/mol. The first-order valence-electron chi connectivity index (χ1n) is 10.4. The number of hydrogen-bond donors (Lipinski definition) is 1. The summed E-state index contributed by atoms with van der Waals surface area (Å²) in [7, 11) is 1.80. The van der Waals surface area contributed by atoms with Gasteiger partial charge < -0.3 is 15.0 Å². The Morgan fingerprint density at radius 1 is 1.03 bits per heavy atom. The number of benzene rings is 2. The highest BCUT2D eigenvalue weighted by Gasteiger charge is 2.21. The van der Waals surface area contributed by atoms with Crippen molar-refractivity contribution in [3.63, 3.8) is 0 Å². The molecule has 1 N–H and O–H groups in total. The van der Waals surface area contributed by atoms with Crippen molar-refractivity contribution in [2.45, 2.75) is 17.9 Å². The maximum Gasteiger partial charge on any atom is 0.264 e. The Labute approximate surface area is 199 Å². The van der Waals surface area contributed by atoms with Gasteiger partial charge in [-0.2, -0.15) is 0 Å². The number of thiophene rings is 1. The number of hydrogen-bond acceptors (Lipinski definition) is 6. The van der Waals surface area contributed by atoms with Gasteiger partial charge in [0, 0.05) is 18.5 Å². The number of carbonyl (C=O) groups is 1. The van der Waals surface area contributed by atoms with Crippen molar-refractivity contribution in [2.24, 2.45) is 0 Å². The van der Waals surface area contributed by atoms with Crippen LogP contribution in [0.2, 0.25) is 0 Å². The van der Waals surface area contributed by atoms with Gasteiger partial charge >= 0.3 is 0 Å². The molecule has 2 aromatic carbocycles. The number of likely N-dealkylation sites (N-methyl/N-ethyl adjacent to an activating group) is 1. The van der Waals surface area contributed by atoms with Gasteiger partial charge in [0.25, 0.3) is 15.9 Å². The van der Waals surface area contributed by atoms with E-state index >= 15 is 0 Å². The number of amides is 1. The molecular formula is C24H29N3O4S2. The molecule has 3 rings (SSSR count). The lowest BCUT2D eigenvalue weighted by molar-refractivity contribution is -0.123. The van der Waals surface area contributed by atoms with E-state index in [1.165, 1.54) is 16.2 Å². The normalized spacial score (nSPS) is 12.4. The van der Waals surface area contributed by atoms with Gasteiger partial charge in [0.05, 0.1) is 16.6 Å². The predicted octanol–water partition coefficient (Wildman–Crippen LogP) is 3.68. The molecule has 0 aliphatic heterocycles. The topological polar surface area (TPSA) is 78.9 Å². The standard InChI is InChI=1S/C24H29N3O4S2/c1-18-7-13-21(14-8-18)33(29,30)27(4)19-9-11-20(12-10-19)31-17-24(28)25-16-22(26(2)3)23-6-5-15-32-23/h5-15,22H,16-17H2,1-4H3,(H,25,28)/t22-/m0/s1. The van der Waals surface area contributed by atoms with E-state index in [1.54, 1.807) is 59.9 Å². The number of nitrogens with zero attached hydrogens (tertiary/aromatic N) is 2. The molecule has 1 aromatic heterocycles. The van der Waals surface area contributed by atoms with E-state index in [4.69, 9.17) is 4.74 Å². The van der Waals surface area contributed by atoms with Gasteiger partial charge in [0.15, 0.2) is 6.61 Å². The minimum absolute atomic E-state index is 0.0965. The van der Waals surface area contributed by atoms with E-state index in [2.05, 4.69) is 16.3 Å². The zero-order valence-corrected chi connectivity index (χ0v) is 20.8. The summed E-state index contributed by atoms with van der Waals surface area (Å²) in [6.45, 7) is 2.27. The first-order valence-corrected chi connectivity index (χ1v) is 12.8. The summed E-state index contributed by atoms with van der Waals surface area (Å²) in [6, 6.07) is 17.5. The van der Waals surface area contributed by atoms with Gasteiger partial charge in [-0.3, -0.25) is 9.10 Å².